The highest BCUT2D eigenvalue weighted by Crippen LogP contribution is 2.41. The first-order valence-electron chi connectivity index (χ1n) is 7.46. The molecule has 0 radical (unpaired) electrons. The highest BCUT2D eigenvalue weighted by molar-refractivity contribution is 6.31. The summed E-state index contributed by atoms with van der Waals surface area (Å²) in [6.07, 6.45) is 0.455. The molecule has 0 bridgehead atoms. The van der Waals surface area contributed by atoms with Crippen molar-refractivity contribution in [1.29, 1.82) is 0 Å². The molecular weight excluding hydrogens is 330 g/mol. The number of carbonyl (C=O) groups is 1. The van der Waals surface area contributed by atoms with Gasteiger partial charge >= 0.3 is 0 Å². The molecule has 2 aromatic rings. The van der Waals surface area contributed by atoms with Crippen molar-refractivity contribution >= 4 is 23.2 Å². The molecule has 24 heavy (non-hydrogen) atoms. The number of hydrogen-bond donors (Lipinski definition) is 1. The average Bonchev–Trinajstić information content (AvgIpc) is 2.89. The predicted molar refractivity (Wildman–Crippen MR) is 92.6 cm³/mol. The molecule has 0 aromatic heterocycles. The fourth-order valence-electron chi connectivity index (χ4n) is 2.99. The second-order valence-corrected chi connectivity index (χ2v) is 5.92. The van der Waals surface area contributed by atoms with Crippen molar-refractivity contribution in [3.8, 4) is 17.2 Å². The summed E-state index contributed by atoms with van der Waals surface area (Å²) in [5.74, 6) is 1.50. The lowest BCUT2D eigenvalue weighted by Gasteiger charge is -2.17. The second-order valence-electron chi connectivity index (χ2n) is 5.49. The summed E-state index contributed by atoms with van der Waals surface area (Å²) in [5.41, 5.74) is 2.50. The second kappa shape index (κ2) is 6.61. The third kappa shape index (κ3) is 2.87. The number of benzene rings is 2. The van der Waals surface area contributed by atoms with Crippen LogP contribution in [-0.2, 0) is 11.2 Å². The monoisotopic (exact) mass is 347 g/mol. The first kappa shape index (κ1) is 16.5. The molecule has 5 nitrogen and oxygen atoms in total. The van der Waals surface area contributed by atoms with Gasteiger partial charge in [0.15, 0.2) is 0 Å². The van der Waals surface area contributed by atoms with Crippen LogP contribution >= 0.6 is 11.6 Å². The van der Waals surface area contributed by atoms with Gasteiger partial charge in [-0.05, 0) is 24.1 Å². The summed E-state index contributed by atoms with van der Waals surface area (Å²) in [6.45, 7) is 0. The molecule has 1 amide bonds. The van der Waals surface area contributed by atoms with E-state index >= 15 is 0 Å². The molecule has 1 aliphatic heterocycles. The van der Waals surface area contributed by atoms with Gasteiger partial charge in [0.2, 0.25) is 5.91 Å². The van der Waals surface area contributed by atoms with Gasteiger partial charge in [0.05, 0.1) is 27.2 Å². The number of methoxy groups -OCH3 is 3. The molecule has 1 aliphatic rings. The Hall–Kier alpha value is -2.40. The first-order chi connectivity index (χ1) is 11.6. The number of halogens is 1. The van der Waals surface area contributed by atoms with Crippen LogP contribution in [0.25, 0.3) is 0 Å². The van der Waals surface area contributed by atoms with E-state index < -0.39 is 0 Å². The average molecular weight is 348 g/mol. The first-order valence-corrected chi connectivity index (χ1v) is 7.84. The molecule has 0 unspecified atom stereocenters. The van der Waals surface area contributed by atoms with E-state index in [2.05, 4.69) is 5.32 Å². The van der Waals surface area contributed by atoms with Gasteiger partial charge in [-0.2, -0.15) is 0 Å². The molecule has 1 N–H and O–H groups in total. The van der Waals surface area contributed by atoms with Gasteiger partial charge < -0.3 is 19.5 Å². The van der Waals surface area contributed by atoms with E-state index in [1.54, 1.807) is 45.6 Å². The predicted octanol–water partition coefficient (Wildman–Crippen LogP) is 3.64. The zero-order valence-electron chi connectivity index (χ0n) is 13.7. The van der Waals surface area contributed by atoms with Crippen LogP contribution in [0.4, 0.5) is 5.69 Å². The standard InChI is InChI=1S/C18H18ClNO4/c1-22-11-7-16(23-2)14(17(8-11)24-3)9-13-12-5-4-10(19)6-15(12)20-18(13)21/h4-8,13H,9H2,1-3H3,(H,20,21)/t13-/m0/s1. The van der Waals surface area contributed by atoms with Gasteiger partial charge in [-0.1, -0.05) is 17.7 Å². The van der Waals surface area contributed by atoms with Crippen molar-refractivity contribution in [2.24, 2.45) is 0 Å². The van der Waals surface area contributed by atoms with E-state index in [0.717, 1.165) is 16.8 Å². The van der Waals surface area contributed by atoms with Gasteiger partial charge in [-0.15, -0.1) is 0 Å². The van der Waals surface area contributed by atoms with Crippen molar-refractivity contribution in [2.75, 3.05) is 26.6 Å². The Morgan fingerprint density at radius 2 is 1.71 bits per heavy atom. The Morgan fingerprint density at radius 3 is 2.29 bits per heavy atom. The molecule has 126 valence electrons. The summed E-state index contributed by atoms with van der Waals surface area (Å²) < 4.78 is 16.2. The number of amides is 1. The van der Waals surface area contributed by atoms with Crippen LogP contribution in [0.15, 0.2) is 30.3 Å². The van der Waals surface area contributed by atoms with Crippen LogP contribution in [0.3, 0.4) is 0 Å². The lowest BCUT2D eigenvalue weighted by Crippen LogP contribution is -2.15. The van der Waals surface area contributed by atoms with Gasteiger partial charge in [0, 0.05) is 28.4 Å². The zero-order chi connectivity index (χ0) is 17.3. The van der Waals surface area contributed by atoms with E-state index in [9.17, 15) is 4.79 Å². The fourth-order valence-corrected chi connectivity index (χ4v) is 3.16. The number of hydrogen-bond acceptors (Lipinski definition) is 4. The summed E-state index contributed by atoms with van der Waals surface area (Å²) >= 11 is 6.00. The number of anilines is 1. The molecule has 1 heterocycles. The van der Waals surface area contributed by atoms with Gasteiger partial charge in [0.1, 0.15) is 17.2 Å². The van der Waals surface area contributed by atoms with Crippen molar-refractivity contribution < 1.29 is 19.0 Å². The smallest absolute Gasteiger partial charge is 0.232 e. The molecule has 3 rings (SSSR count). The van der Waals surface area contributed by atoms with Crippen LogP contribution in [0.2, 0.25) is 5.02 Å². The zero-order valence-corrected chi connectivity index (χ0v) is 14.4. The summed E-state index contributed by atoms with van der Waals surface area (Å²) in [4.78, 5) is 12.4. The van der Waals surface area contributed by atoms with Crippen LogP contribution in [0.1, 0.15) is 17.0 Å². The highest BCUT2D eigenvalue weighted by atomic mass is 35.5. The number of rotatable bonds is 5. The Bertz CT molecular complexity index is 766. The normalized spacial score (nSPS) is 15.7. The van der Waals surface area contributed by atoms with Crippen LogP contribution in [0.5, 0.6) is 17.2 Å². The Morgan fingerprint density at radius 1 is 1.04 bits per heavy atom. The Labute approximate surface area is 145 Å². The number of carbonyl (C=O) groups excluding carboxylic acids is 1. The van der Waals surface area contributed by atoms with Crippen molar-refractivity contribution in [1.82, 2.24) is 0 Å². The molecular formula is C18H18ClNO4. The van der Waals surface area contributed by atoms with Gasteiger partial charge in [0.25, 0.3) is 0 Å². The molecule has 0 saturated heterocycles. The molecule has 0 aliphatic carbocycles. The van der Waals surface area contributed by atoms with Crippen LogP contribution < -0.4 is 19.5 Å². The van der Waals surface area contributed by atoms with Crippen molar-refractivity contribution in [2.45, 2.75) is 12.3 Å². The third-order valence-corrected chi connectivity index (χ3v) is 4.43. The maximum absolute atomic E-state index is 12.4. The molecule has 0 spiro atoms. The highest BCUT2D eigenvalue weighted by Gasteiger charge is 2.32. The lowest BCUT2D eigenvalue weighted by atomic mass is 9.92. The summed E-state index contributed by atoms with van der Waals surface area (Å²) in [7, 11) is 4.75. The van der Waals surface area contributed by atoms with Gasteiger partial charge in [-0.3, -0.25) is 4.79 Å². The summed E-state index contributed by atoms with van der Waals surface area (Å²) in [6, 6.07) is 9.00. The molecule has 0 saturated carbocycles. The summed E-state index contributed by atoms with van der Waals surface area (Å²) in [5, 5.41) is 3.47. The molecule has 0 fully saturated rings. The van der Waals surface area contributed by atoms with E-state index in [4.69, 9.17) is 25.8 Å². The van der Waals surface area contributed by atoms with Crippen LogP contribution in [0, 0.1) is 0 Å². The quantitative estimate of drug-likeness (QED) is 0.897. The fraction of sp³-hybridized carbons (Fsp3) is 0.278. The topological polar surface area (TPSA) is 56.8 Å². The number of nitrogens with one attached hydrogen (secondary N) is 1. The minimum Gasteiger partial charge on any atom is -0.496 e. The Kier molecular flexibility index (Phi) is 4.53. The minimum absolute atomic E-state index is 0.0628. The van der Waals surface area contributed by atoms with E-state index in [0.29, 0.717) is 28.7 Å². The number of fused-ring (bicyclic) bond motifs is 1. The van der Waals surface area contributed by atoms with E-state index in [1.165, 1.54) is 0 Å². The third-order valence-electron chi connectivity index (χ3n) is 4.19. The molecule has 1 atom stereocenters. The van der Waals surface area contributed by atoms with E-state index in [-0.39, 0.29) is 11.8 Å². The largest absolute Gasteiger partial charge is 0.496 e. The molecule has 2 aromatic carbocycles. The number of ether oxygens (including phenoxy) is 3. The van der Waals surface area contributed by atoms with Gasteiger partial charge in [-0.25, -0.2) is 0 Å². The maximum Gasteiger partial charge on any atom is 0.232 e. The van der Waals surface area contributed by atoms with Crippen molar-refractivity contribution in [3.05, 3.63) is 46.5 Å². The molecule has 6 heteroatoms. The minimum atomic E-state index is -0.325. The SMILES string of the molecule is COc1cc(OC)c(C[C@@H]2C(=O)Nc3cc(Cl)ccc32)c(OC)c1. The van der Waals surface area contributed by atoms with E-state index in [1.807, 2.05) is 6.07 Å². The van der Waals surface area contributed by atoms with Crippen molar-refractivity contribution in [3.63, 3.8) is 0 Å². The lowest BCUT2D eigenvalue weighted by molar-refractivity contribution is -0.117. The Balaban J connectivity index is 2.01. The maximum atomic E-state index is 12.4. The van der Waals surface area contributed by atoms with Crippen LogP contribution in [-0.4, -0.2) is 27.2 Å².